The third-order valence-electron chi connectivity index (χ3n) is 10.5. The van der Waals surface area contributed by atoms with Gasteiger partial charge in [-0.25, -0.2) is 9.48 Å². The summed E-state index contributed by atoms with van der Waals surface area (Å²) in [5.41, 5.74) is 3.25. The van der Waals surface area contributed by atoms with Crippen molar-refractivity contribution in [2.45, 2.75) is 51.5 Å². The molecule has 1 amide bonds. The van der Waals surface area contributed by atoms with E-state index < -0.39 is 17.4 Å². The Kier molecular flexibility index (Phi) is 5.41. The van der Waals surface area contributed by atoms with Crippen LogP contribution in [0.3, 0.4) is 0 Å². The topological polar surface area (TPSA) is 103 Å². The van der Waals surface area contributed by atoms with Gasteiger partial charge in [0, 0.05) is 0 Å². The first-order valence-electron chi connectivity index (χ1n) is 14.2. The molecular formula is C32H35N3O5. The number of nitrogens with zero attached hydrogens (tertiary/aromatic N) is 2. The van der Waals surface area contributed by atoms with Crippen LogP contribution in [0.15, 0.2) is 42.5 Å². The quantitative estimate of drug-likeness (QED) is 0.427. The van der Waals surface area contributed by atoms with Crippen molar-refractivity contribution in [3.05, 3.63) is 59.3 Å². The van der Waals surface area contributed by atoms with Gasteiger partial charge in [0.2, 0.25) is 0 Å². The molecule has 4 fully saturated rings. The van der Waals surface area contributed by atoms with Gasteiger partial charge in [-0.2, -0.15) is 5.10 Å². The highest BCUT2D eigenvalue weighted by atomic mass is 16.5. The molecular weight excluding hydrogens is 506 g/mol. The summed E-state index contributed by atoms with van der Waals surface area (Å²) >= 11 is 0. The summed E-state index contributed by atoms with van der Waals surface area (Å²) in [5, 5.41) is 18.5. The predicted octanol–water partition coefficient (Wildman–Crippen LogP) is 5.18. The van der Waals surface area contributed by atoms with Gasteiger partial charge in [-0.15, -0.1) is 0 Å². The number of carbonyl (C=O) groups is 2. The molecule has 8 heteroatoms. The molecule has 3 bridgehead atoms. The summed E-state index contributed by atoms with van der Waals surface area (Å²) in [7, 11) is 3.19. The standard InChI is InChI=1S/C32H35N3O5/c1-17-8-9-22(18(2)10-17)35-23(28-24(39-3)6-5-7-25(28)40-4)14-21(34-35)29(36)33-32(30(37)38)26-12-19-11-20-13-27(32)31(26,15-19)16-20/h5-10,14,19-20,26-27H,11-13,15-16H2,1-4H3,(H,33,36)(H,37,38). The Labute approximate surface area is 233 Å². The van der Waals surface area contributed by atoms with Crippen LogP contribution in [-0.2, 0) is 4.79 Å². The highest BCUT2D eigenvalue weighted by molar-refractivity contribution is 5.99. The molecule has 1 aromatic heterocycles. The van der Waals surface area contributed by atoms with E-state index in [1.165, 1.54) is 6.42 Å². The highest BCUT2D eigenvalue weighted by Gasteiger charge is 2.80. The number of aliphatic carboxylic acids is 1. The van der Waals surface area contributed by atoms with Gasteiger partial charge in [-0.3, -0.25) is 4.79 Å². The number of aryl methyl sites for hydroxylation is 2. The van der Waals surface area contributed by atoms with Crippen LogP contribution in [-0.4, -0.2) is 46.5 Å². The number of aromatic nitrogens is 2. The van der Waals surface area contributed by atoms with E-state index in [0.717, 1.165) is 42.5 Å². The van der Waals surface area contributed by atoms with E-state index in [2.05, 4.69) is 11.4 Å². The molecule has 4 aliphatic rings. The number of nitrogens with one attached hydrogen (secondary N) is 1. The van der Waals surface area contributed by atoms with Gasteiger partial charge in [0.05, 0.1) is 31.2 Å². The average molecular weight is 542 g/mol. The van der Waals surface area contributed by atoms with Crippen molar-refractivity contribution in [3.63, 3.8) is 0 Å². The van der Waals surface area contributed by atoms with E-state index in [1.54, 1.807) is 25.0 Å². The Morgan fingerprint density at radius 1 is 0.975 bits per heavy atom. The van der Waals surface area contributed by atoms with Crippen molar-refractivity contribution in [3.8, 4) is 28.4 Å². The molecule has 0 aliphatic heterocycles. The molecule has 0 saturated heterocycles. The lowest BCUT2D eigenvalue weighted by Gasteiger charge is -2.61. The maximum absolute atomic E-state index is 14.0. The molecule has 2 aromatic carbocycles. The summed E-state index contributed by atoms with van der Waals surface area (Å²) in [6, 6.07) is 13.3. The van der Waals surface area contributed by atoms with E-state index in [4.69, 9.17) is 14.6 Å². The Balaban J connectivity index is 1.33. The first-order chi connectivity index (χ1) is 19.2. The number of ether oxygens (including phenoxy) is 2. The lowest BCUT2D eigenvalue weighted by atomic mass is 9.45. The third kappa shape index (κ3) is 3.22. The van der Waals surface area contributed by atoms with Crippen LogP contribution in [0.5, 0.6) is 11.5 Å². The number of benzene rings is 2. The number of amides is 1. The highest BCUT2D eigenvalue weighted by Crippen LogP contribution is 2.78. The van der Waals surface area contributed by atoms with E-state index in [9.17, 15) is 14.7 Å². The van der Waals surface area contributed by atoms with Gasteiger partial charge in [-0.1, -0.05) is 23.8 Å². The molecule has 4 aliphatic carbocycles. The van der Waals surface area contributed by atoms with Crippen LogP contribution in [0.2, 0.25) is 0 Å². The number of rotatable bonds is 7. The normalized spacial score (nSPS) is 31.0. The van der Waals surface area contributed by atoms with Crippen molar-refractivity contribution in [1.82, 2.24) is 15.1 Å². The molecule has 4 atom stereocenters. The number of methoxy groups -OCH3 is 2. The van der Waals surface area contributed by atoms with Crippen LogP contribution < -0.4 is 14.8 Å². The number of hydrogen-bond donors (Lipinski definition) is 2. The molecule has 3 aromatic rings. The zero-order valence-corrected chi connectivity index (χ0v) is 23.4. The molecule has 1 heterocycles. The molecule has 8 nitrogen and oxygen atoms in total. The molecule has 1 spiro atoms. The molecule has 40 heavy (non-hydrogen) atoms. The monoisotopic (exact) mass is 541 g/mol. The third-order valence-corrected chi connectivity index (χ3v) is 10.5. The number of hydrogen-bond acceptors (Lipinski definition) is 5. The van der Waals surface area contributed by atoms with Crippen molar-refractivity contribution in [1.29, 1.82) is 0 Å². The number of carboxylic acid groups (broad SMARTS) is 1. The number of carbonyl (C=O) groups excluding carboxylic acids is 1. The largest absolute Gasteiger partial charge is 0.496 e. The van der Waals surface area contributed by atoms with Crippen LogP contribution in [0.4, 0.5) is 0 Å². The summed E-state index contributed by atoms with van der Waals surface area (Å²) in [6.07, 6.45) is 5.22. The fourth-order valence-corrected chi connectivity index (χ4v) is 9.31. The first-order valence-corrected chi connectivity index (χ1v) is 14.2. The predicted molar refractivity (Wildman–Crippen MR) is 149 cm³/mol. The van der Waals surface area contributed by atoms with E-state index in [-0.39, 0.29) is 22.9 Å². The minimum Gasteiger partial charge on any atom is -0.496 e. The van der Waals surface area contributed by atoms with Gasteiger partial charge >= 0.3 is 5.97 Å². The van der Waals surface area contributed by atoms with Gasteiger partial charge in [-0.05, 0) is 105 Å². The Morgan fingerprint density at radius 2 is 1.62 bits per heavy atom. The summed E-state index contributed by atoms with van der Waals surface area (Å²) < 4.78 is 13.1. The van der Waals surface area contributed by atoms with Crippen molar-refractivity contribution in [2.75, 3.05) is 14.2 Å². The van der Waals surface area contributed by atoms with Crippen molar-refractivity contribution >= 4 is 11.9 Å². The average Bonchev–Trinajstić information content (AvgIpc) is 3.54. The number of fused-ring (bicyclic) bond motifs is 2. The van der Waals surface area contributed by atoms with Crippen molar-refractivity contribution < 1.29 is 24.2 Å². The zero-order valence-electron chi connectivity index (χ0n) is 23.4. The number of carboxylic acids is 1. The molecule has 4 saturated carbocycles. The van der Waals surface area contributed by atoms with Crippen LogP contribution in [0.1, 0.15) is 53.7 Å². The Hall–Kier alpha value is -3.81. The summed E-state index contributed by atoms with van der Waals surface area (Å²) in [6.45, 7) is 4.04. The first kappa shape index (κ1) is 25.2. The second kappa shape index (κ2) is 8.59. The SMILES string of the molecule is COc1cccc(OC)c1-c1cc(C(=O)NC2(C(=O)O)C3CC4CC5CC2C3(C4)C5)nn1-c1ccc(C)cc1C. The smallest absolute Gasteiger partial charge is 0.330 e. The lowest BCUT2D eigenvalue weighted by molar-refractivity contribution is -0.178. The molecule has 208 valence electrons. The van der Waals surface area contributed by atoms with Gasteiger partial charge in [0.15, 0.2) is 5.69 Å². The molecule has 0 radical (unpaired) electrons. The minimum absolute atomic E-state index is 0.0147. The van der Waals surface area contributed by atoms with Gasteiger partial charge in [0.25, 0.3) is 5.91 Å². The summed E-state index contributed by atoms with van der Waals surface area (Å²) in [5.74, 6) is 0.939. The molecule has 7 rings (SSSR count). The van der Waals surface area contributed by atoms with Gasteiger partial charge < -0.3 is 19.9 Å². The maximum Gasteiger partial charge on any atom is 0.330 e. The van der Waals surface area contributed by atoms with E-state index >= 15 is 0 Å². The lowest BCUT2D eigenvalue weighted by Crippen LogP contribution is -2.76. The molecule has 4 unspecified atom stereocenters. The fraction of sp³-hybridized carbons (Fsp3) is 0.469. The van der Waals surface area contributed by atoms with Crippen LogP contribution >= 0.6 is 0 Å². The summed E-state index contributed by atoms with van der Waals surface area (Å²) in [4.78, 5) is 26.9. The molecule has 2 N–H and O–H groups in total. The van der Waals surface area contributed by atoms with E-state index in [1.807, 2.05) is 44.2 Å². The van der Waals surface area contributed by atoms with Crippen LogP contribution in [0, 0.1) is 42.9 Å². The Bertz CT molecular complexity index is 1510. The zero-order chi connectivity index (χ0) is 28.0. The maximum atomic E-state index is 14.0. The van der Waals surface area contributed by atoms with E-state index in [0.29, 0.717) is 34.6 Å². The Morgan fingerprint density at radius 3 is 2.20 bits per heavy atom. The second-order valence-electron chi connectivity index (χ2n) is 12.5. The van der Waals surface area contributed by atoms with Gasteiger partial charge in [0.1, 0.15) is 17.0 Å². The second-order valence-corrected chi connectivity index (χ2v) is 12.5. The van der Waals surface area contributed by atoms with Crippen LogP contribution in [0.25, 0.3) is 16.9 Å². The van der Waals surface area contributed by atoms with Crippen molar-refractivity contribution in [2.24, 2.45) is 29.1 Å². The minimum atomic E-state index is -1.23. The fourth-order valence-electron chi connectivity index (χ4n) is 9.31.